The highest BCUT2D eigenvalue weighted by Crippen LogP contribution is 2.34. The number of amides is 3. The Hall–Kier alpha value is -2.37. The molecule has 1 fully saturated rings. The third-order valence-electron chi connectivity index (χ3n) is 3.96. The molecule has 0 bridgehead atoms. The molecule has 3 amide bonds. The van der Waals surface area contributed by atoms with Gasteiger partial charge in [0.25, 0.3) is 5.91 Å². The van der Waals surface area contributed by atoms with E-state index in [1.165, 1.54) is 4.90 Å². The molecular weight excluding hydrogens is 320 g/mol. The van der Waals surface area contributed by atoms with Crippen molar-refractivity contribution in [2.45, 2.75) is 65.6 Å². The highest BCUT2D eigenvalue weighted by Gasteiger charge is 2.40. The molecule has 1 aromatic carbocycles. The summed E-state index contributed by atoms with van der Waals surface area (Å²) in [6.07, 6.45) is 0.613. The zero-order valence-electron chi connectivity index (χ0n) is 15.5. The molecule has 1 aromatic rings. The van der Waals surface area contributed by atoms with Crippen molar-refractivity contribution in [3.05, 3.63) is 29.3 Å². The number of fused-ring (bicyclic) bond motifs is 1. The van der Waals surface area contributed by atoms with Gasteiger partial charge in [0.2, 0.25) is 11.8 Å². The Balaban J connectivity index is 0.00000109. The minimum atomic E-state index is -0.602. The van der Waals surface area contributed by atoms with Crippen LogP contribution in [0.3, 0.4) is 0 Å². The van der Waals surface area contributed by atoms with E-state index in [-0.39, 0.29) is 23.8 Å². The van der Waals surface area contributed by atoms with Gasteiger partial charge < -0.3 is 9.64 Å². The van der Waals surface area contributed by atoms with Gasteiger partial charge in [0, 0.05) is 17.5 Å². The molecule has 6 heteroatoms. The van der Waals surface area contributed by atoms with Crippen LogP contribution in [-0.4, -0.2) is 34.3 Å². The molecule has 0 aromatic heterocycles. The van der Waals surface area contributed by atoms with E-state index < -0.39 is 11.9 Å². The van der Waals surface area contributed by atoms with Gasteiger partial charge in [-0.05, 0) is 39.3 Å². The van der Waals surface area contributed by atoms with Crippen molar-refractivity contribution < 1.29 is 19.1 Å². The Morgan fingerprint density at radius 1 is 1.16 bits per heavy atom. The quantitative estimate of drug-likeness (QED) is 0.835. The lowest BCUT2D eigenvalue weighted by atomic mass is 10.0. The Morgan fingerprint density at radius 2 is 1.84 bits per heavy atom. The fourth-order valence-corrected chi connectivity index (χ4v) is 2.98. The standard InChI is InChI=1S/C17H20N2O4.C2H6/c1-17(2,3)23-13-6-4-5-10-11(13)9-19(16(10)22)12-7-8-14(20)18-15(12)21;1-2/h4-6,12H,7-9H2,1-3H3,(H,18,20,21);1-2H3. The molecule has 25 heavy (non-hydrogen) atoms. The minimum Gasteiger partial charge on any atom is -0.488 e. The number of rotatable bonds is 2. The summed E-state index contributed by atoms with van der Waals surface area (Å²) in [5.74, 6) is -0.208. The zero-order chi connectivity index (χ0) is 18.8. The van der Waals surface area contributed by atoms with Gasteiger partial charge in [0.15, 0.2) is 0 Å². The van der Waals surface area contributed by atoms with Crippen molar-refractivity contribution in [1.82, 2.24) is 10.2 Å². The van der Waals surface area contributed by atoms with Crippen molar-refractivity contribution in [3.8, 4) is 5.75 Å². The number of nitrogens with one attached hydrogen (secondary N) is 1. The number of carbonyl (C=O) groups is 3. The van der Waals surface area contributed by atoms with E-state index in [9.17, 15) is 14.4 Å². The first kappa shape index (κ1) is 19.0. The first-order valence-electron chi connectivity index (χ1n) is 8.72. The first-order chi connectivity index (χ1) is 11.8. The van der Waals surface area contributed by atoms with Crippen LogP contribution in [0.5, 0.6) is 5.75 Å². The average Bonchev–Trinajstić information content (AvgIpc) is 2.86. The van der Waals surface area contributed by atoms with Gasteiger partial charge in [-0.1, -0.05) is 19.9 Å². The van der Waals surface area contributed by atoms with Gasteiger partial charge in [-0.2, -0.15) is 0 Å². The third-order valence-corrected chi connectivity index (χ3v) is 3.96. The van der Waals surface area contributed by atoms with E-state index in [1.54, 1.807) is 12.1 Å². The number of benzene rings is 1. The predicted octanol–water partition coefficient (Wildman–Crippen LogP) is 2.65. The lowest BCUT2D eigenvalue weighted by Crippen LogP contribution is -2.52. The number of hydrogen-bond acceptors (Lipinski definition) is 4. The summed E-state index contributed by atoms with van der Waals surface area (Å²) in [4.78, 5) is 37.5. The number of carbonyl (C=O) groups excluding carboxylic acids is 3. The Morgan fingerprint density at radius 3 is 2.44 bits per heavy atom. The van der Waals surface area contributed by atoms with E-state index in [0.717, 1.165) is 5.56 Å². The molecule has 3 rings (SSSR count). The van der Waals surface area contributed by atoms with Crippen LogP contribution in [0.4, 0.5) is 0 Å². The number of imide groups is 1. The highest BCUT2D eigenvalue weighted by molar-refractivity contribution is 6.05. The molecule has 2 aliphatic heterocycles. The molecule has 6 nitrogen and oxygen atoms in total. The third kappa shape index (κ3) is 4.00. The summed E-state index contributed by atoms with van der Waals surface area (Å²) in [6, 6.07) is 4.77. The summed E-state index contributed by atoms with van der Waals surface area (Å²) in [5.41, 5.74) is 0.994. The Labute approximate surface area is 148 Å². The Bertz CT molecular complexity index is 691. The van der Waals surface area contributed by atoms with Crippen LogP contribution in [-0.2, 0) is 16.1 Å². The molecule has 1 saturated heterocycles. The van der Waals surface area contributed by atoms with E-state index in [4.69, 9.17) is 4.74 Å². The van der Waals surface area contributed by atoms with Crippen LogP contribution in [0.2, 0.25) is 0 Å². The smallest absolute Gasteiger partial charge is 0.255 e. The van der Waals surface area contributed by atoms with Crippen LogP contribution < -0.4 is 10.1 Å². The summed E-state index contributed by atoms with van der Waals surface area (Å²) in [5, 5.41) is 2.30. The summed E-state index contributed by atoms with van der Waals surface area (Å²) in [7, 11) is 0. The van der Waals surface area contributed by atoms with Crippen LogP contribution in [0, 0.1) is 0 Å². The number of nitrogens with zero attached hydrogens (tertiary/aromatic N) is 1. The van der Waals surface area contributed by atoms with Crippen molar-refractivity contribution in [1.29, 1.82) is 0 Å². The average molecular weight is 346 g/mol. The number of ether oxygens (including phenoxy) is 1. The lowest BCUT2D eigenvalue weighted by molar-refractivity contribution is -0.136. The number of hydrogen-bond donors (Lipinski definition) is 1. The second-order valence-electron chi connectivity index (χ2n) is 6.90. The van der Waals surface area contributed by atoms with Crippen molar-refractivity contribution in [2.24, 2.45) is 0 Å². The molecule has 136 valence electrons. The molecule has 1 atom stereocenters. The van der Waals surface area contributed by atoms with Crippen LogP contribution >= 0.6 is 0 Å². The maximum atomic E-state index is 12.6. The van der Waals surface area contributed by atoms with E-state index in [1.807, 2.05) is 40.7 Å². The zero-order valence-corrected chi connectivity index (χ0v) is 15.5. The maximum absolute atomic E-state index is 12.6. The van der Waals surface area contributed by atoms with Gasteiger partial charge >= 0.3 is 0 Å². The van der Waals surface area contributed by atoms with Gasteiger partial charge in [-0.3, -0.25) is 19.7 Å². The maximum Gasteiger partial charge on any atom is 0.255 e. The summed E-state index contributed by atoms with van der Waals surface area (Å²) < 4.78 is 5.94. The van der Waals surface area contributed by atoms with Crippen LogP contribution in [0.15, 0.2) is 18.2 Å². The normalized spacial score (nSPS) is 19.8. The first-order valence-corrected chi connectivity index (χ1v) is 8.72. The van der Waals surface area contributed by atoms with Crippen molar-refractivity contribution in [2.75, 3.05) is 0 Å². The van der Waals surface area contributed by atoms with Crippen LogP contribution in [0.1, 0.15) is 63.4 Å². The molecule has 0 spiro atoms. The Kier molecular flexibility index (Phi) is 5.50. The van der Waals surface area contributed by atoms with E-state index >= 15 is 0 Å². The minimum absolute atomic E-state index is 0.186. The highest BCUT2D eigenvalue weighted by atomic mass is 16.5. The van der Waals surface area contributed by atoms with Crippen molar-refractivity contribution >= 4 is 17.7 Å². The second-order valence-corrected chi connectivity index (χ2v) is 6.90. The van der Waals surface area contributed by atoms with E-state index in [2.05, 4.69) is 5.32 Å². The molecule has 1 unspecified atom stereocenters. The fourth-order valence-electron chi connectivity index (χ4n) is 2.98. The van der Waals surface area contributed by atoms with Gasteiger partial charge in [-0.15, -0.1) is 0 Å². The molecule has 2 aliphatic rings. The van der Waals surface area contributed by atoms with Gasteiger partial charge in [0.05, 0.1) is 6.54 Å². The van der Waals surface area contributed by atoms with Gasteiger partial charge in [-0.25, -0.2) is 0 Å². The molecule has 0 radical (unpaired) electrons. The second kappa shape index (κ2) is 7.25. The summed E-state index contributed by atoms with van der Waals surface area (Å²) in [6.45, 7) is 10.2. The van der Waals surface area contributed by atoms with Crippen LogP contribution in [0.25, 0.3) is 0 Å². The number of piperidine rings is 1. The SMILES string of the molecule is CC.CC(C)(C)Oc1cccc2c1CN(C1CCC(=O)NC1=O)C2=O. The fraction of sp³-hybridized carbons (Fsp3) is 0.526. The van der Waals surface area contributed by atoms with E-state index in [0.29, 0.717) is 24.3 Å². The lowest BCUT2D eigenvalue weighted by Gasteiger charge is -2.29. The van der Waals surface area contributed by atoms with Crippen molar-refractivity contribution in [3.63, 3.8) is 0 Å². The topological polar surface area (TPSA) is 75.7 Å². The molecule has 0 saturated carbocycles. The molecule has 1 N–H and O–H groups in total. The molecule has 2 heterocycles. The molecular formula is C19H26N2O4. The van der Waals surface area contributed by atoms with Gasteiger partial charge in [0.1, 0.15) is 17.4 Å². The molecule has 0 aliphatic carbocycles. The predicted molar refractivity (Wildman–Crippen MR) is 94.2 cm³/mol. The monoisotopic (exact) mass is 346 g/mol. The summed E-state index contributed by atoms with van der Waals surface area (Å²) >= 11 is 0. The largest absolute Gasteiger partial charge is 0.488 e.